The van der Waals surface area contributed by atoms with E-state index in [2.05, 4.69) is 24.8 Å². The lowest BCUT2D eigenvalue weighted by Crippen LogP contribution is -2.36. The van der Waals surface area contributed by atoms with Gasteiger partial charge in [0.05, 0.1) is 28.8 Å². The molecule has 3 aromatic rings. The van der Waals surface area contributed by atoms with Crippen molar-refractivity contribution in [3.63, 3.8) is 0 Å². The van der Waals surface area contributed by atoms with E-state index in [1.807, 2.05) is 55.3 Å². The van der Waals surface area contributed by atoms with Gasteiger partial charge in [-0.15, -0.1) is 11.3 Å². The van der Waals surface area contributed by atoms with Gasteiger partial charge in [-0.25, -0.2) is 0 Å². The zero-order chi connectivity index (χ0) is 26.2. The van der Waals surface area contributed by atoms with Gasteiger partial charge in [-0.05, 0) is 55.0 Å². The number of anilines is 1. The Hall–Kier alpha value is -3.03. The first kappa shape index (κ1) is 25.6. The van der Waals surface area contributed by atoms with Gasteiger partial charge in [0, 0.05) is 55.5 Å². The van der Waals surface area contributed by atoms with Crippen LogP contribution in [0.5, 0.6) is 0 Å². The Kier molecular flexibility index (Phi) is 7.19. The number of fused-ring (bicyclic) bond motifs is 1. The maximum atomic E-state index is 13.3. The number of ether oxygens (including phenoxy) is 1. The van der Waals surface area contributed by atoms with Crippen LogP contribution in [0, 0.1) is 5.41 Å². The summed E-state index contributed by atoms with van der Waals surface area (Å²) in [7, 11) is 0. The Morgan fingerprint density at radius 2 is 1.84 bits per heavy atom. The first-order valence-electron chi connectivity index (χ1n) is 13.2. The highest BCUT2D eigenvalue weighted by Crippen LogP contribution is 2.49. The van der Waals surface area contributed by atoms with Crippen molar-refractivity contribution in [3.8, 4) is 22.4 Å². The van der Waals surface area contributed by atoms with Gasteiger partial charge in [-0.1, -0.05) is 32.0 Å². The van der Waals surface area contributed by atoms with E-state index in [9.17, 15) is 9.59 Å². The number of pyridine rings is 1. The van der Waals surface area contributed by atoms with E-state index in [0.717, 1.165) is 57.3 Å². The number of amides is 1. The molecule has 5 rings (SSSR count). The molecule has 0 bridgehead atoms. The standard InChI is InChI=1S/C30H35N3O3S/c1-5-32(6-2)28(35)22-10-8-7-9-21(22)24-17-20(11-12-31-24)26-23-18-30(3,4)19-25(34)27(23)37-29(26)33-13-15-36-16-14-33/h7-12,17H,5-6,13-16,18-19H2,1-4H3. The van der Waals surface area contributed by atoms with Crippen molar-refractivity contribution < 1.29 is 14.3 Å². The highest BCUT2D eigenvalue weighted by Gasteiger charge is 2.37. The molecule has 0 atom stereocenters. The number of aromatic nitrogens is 1. The molecule has 3 heterocycles. The smallest absolute Gasteiger partial charge is 0.254 e. The molecule has 0 spiro atoms. The number of Topliss-reactive ketones (excluding diaryl/α,β-unsaturated/α-hetero) is 1. The molecule has 0 saturated carbocycles. The van der Waals surface area contributed by atoms with Gasteiger partial charge >= 0.3 is 0 Å². The number of ketones is 1. The van der Waals surface area contributed by atoms with Crippen molar-refractivity contribution in [2.45, 2.75) is 40.5 Å². The van der Waals surface area contributed by atoms with E-state index in [0.29, 0.717) is 38.3 Å². The van der Waals surface area contributed by atoms with E-state index in [4.69, 9.17) is 9.72 Å². The molecule has 0 N–H and O–H groups in total. The van der Waals surface area contributed by atoms with E-state index in [1.54, 1.807) is 11.3 Å². The normalized spacial score (nSPS) is 17.0. The third-order valence-electron chi connectivity index (χ3n) is 7.37. The van der Waals surface area contributed by atoms with E-state index < -0.39 is 0 Å². The quantitative estimate of drug-likeness (QED) is 0.404. The Morgan fingerprint density at radius 3 is 2.57 bits per heavy atom. The third-order valence-corrected chi connectivity index (χ3v) is 8.70. The Balaban J connectivity index is 1.65. The molecular weight excluding hydrogens is 482 g/mol. The minimum atomic E-state index is -0.0825. The summed E-state index contributed by atoms with van der Waals surface area (Å²) >= 11 is 1.63. The molecule has 1 amide bonds. The van der Waals surface area contributed by atoms with Crippen LogP contribution < -0.4 is 4.90 Å². The van der Waals surface area contributed by atoms with Crippen LogP contribution in [-0.4, -0.2) is 61.0 Å². The highest BCUT2D eigenvalue weighted by atomic mass is 32.1. The summed E-state index contributed by atoms with van der Waals surface area (Å²) in [5.74, 6) is 0.253. The SMILES string of the molecule is CCN(CC)C(=O)c1ccccc1-c1cc(-c2c(N3CCOCC3)sc3c2CC(C)(C)CC3=O)ccn1. The lowest BCUT2D eigenvalue weighted by Gasteiger charge is -2.30. The number of benzene rings is 1. The predicted molar refractivity (Wildman–Crippen MR) is 150 cm³/mol. The zero-order valence-corrected chi connectivity index (χ0v) is 23.0. The molecule has 1 fully saturated rings. The van der Waals surface area contributed by atoms with Gasteiger partial charge in [0.2, 0.25) is 0 Å². The maximum Gasteiger partial charge on any atom is 0.254 e. The van der Waals surface area contributed by atoms with Crippen LogP contribution >= 0.6 is 11.3 Å². The molecule has 2 aliphatic rings. The molecular formula is C30H35N3O3S. The summed E-state index contributed by atoms with van der Waals surface area (Å²) in [6, 6.07) is 11.8. The van der Waals surface area contributed by atoms with Crippen molar-refractivity contribution in [1.82, 2.24) is 9.88 Å². The van der Waals surface area contributed by atoms with Gasteiger partial charge in [0.15, 0.2) is 5.78 Å². The Morgan fingerprint density at radius 1 is 1.11 bits per heavy atom. The van der Waals surface area contributed by atoms with Crippen molar-refractivity contribution in [2.24, 2.45) is 5.41 Å². The van der Waals surface area contributed by atoms with Gasteiger partial charge in [-0.2, -0.15) is 0 Å². The number of carbonyl (C=O) groups excluding carboxylic acids is 2. The molecule has 37 heavy (non-hydrogen) atoms. The number of carbonyl (C=O) groups is 2. The van der Waals surface area contributed by atoms with Crippen LogP contribution in [0.25, 0.3) is 22.4 Å². The van der Waals surface area contributed by atoms with Gasteiger partial charge in [-0.3, -0.25) is 14.6 Å². The molecule has 194 valence electrons. The van der Waals surface area contributed by atoms with E-state index >= 15 is 0 Å². The van der Waals surface area contributed by atoms with Gasteiger partial charge in [0.25, 0.3) is 5.91 Å². The number of hydrogen-bond acceptors (Lipinski definition) is 6. The zero-order valence-electron chi connectivity index (χ0n) is 22.2. The Labute approximate surface area is 223 Å². The summed E-state index contributed by atoms with van der Waals surface area (Å²) < 4.78 is 5.62. The summed E-state index contributed by atoms with van der Waals surface area (Å²) in [6.45, 7) is 12.7. The van der Waals surface area contributed by atoms with Gasteiger partial charge < -0.3 is 14.5 Å². The average Bonchev–Trinajstić information content (AvgIpc) is 3.28. The molecule has 1 aliphatic heterocycles. The molecule has 1 saturated heterocycles. The molecule has 1 aliphatic carbocycles. The second-order valence-corrected chi connectivity index (χ2v) is 11.6. The van der Waals surface area contributed by atoms with E-state index in [-0.39, 0.29) is 17.1 Å². The third kappa shape index (κ3) is 4.94. The molecule has 1 aromatic carbocycles. The van der Waals surface area contributed by atoms with E-state index in [1.165, 1.54) is 0 Å². The number of thiophene rings is 1. The average molecular weight is 518 g/mol. The largest absolute Gasteiger partial charge is 0.378 e. The lowest BCUT2D eigenvalue weighted by molar-refractivity contribution is 0.0773. The fraction of sp³-hybridized carbons (Fsp3) is 0.433. The van der Waals surface area contributed by atoms with Crippen LogP contribution in [0.15, 0.2) is 42.6 Å². The van der Waals surface area contributed by atoms with Gasteiger partial charge in [0.1, 0.15) is 0 Å². The number of rotatable bonds is 6. The van der Waals surface area contributed by atoms with Crippen molar-refractivity contribution in [3.05, 3.63) is 58.6 Å². The van der Waals surface area contributed by atoms with Crippen molar-refractivity contribution >= 4 is 28.0 Å². The van der Waals surface area contributed by atoms with Crippen LogP contribution in [0.4, 0.5) is 5.00 Å². The number of nitrogens with zero attached hydrogens (tertiary/aromatic N) is 3. The lowest BCUT2D eigenvalue weighted by atomic mass is 9.75. The fourth-order valence-corrected chi connectivity index (χ4v) is 6.83. The first-order chi connectivity index (χ1) is 17.8. The number of morpholine rings is 1. The van der Waals surface area contributed by atoms with Crippen molar-refractivity contribution in [2.75, 3.05) is 44.3 Å². The molecule has 7 heteroatoms. The first-order valence-corrected chi connectivity index (χ1v) is 14.0. The van der Waals surface area contributed by atoms with Crippen molar-refractivity contribution in [1.29, 1.82) is 0 Å². The Bertz CT molecular complexity index is 1320. The molecule has 0 radical (unpaired) electrons. The molecule has 2 aromatic heterocycles. The summed E-state index contributed by atoms with van der Waals surface area (Å²) in [5.41, 5.74) is 5.50. The second-order valence-electron chi connectivity index (χ2n) is 10.6. The van der Waals surface area contributed by atoms with Crippen LogP contribution in [0.1, 0.15) is 59.7 Å². The minimum absolute atomic E-state index is 0.0158. The number of hydrogen-bond donors (Lipinski definition) is 0. The van der Waals surface area contributed by atoms with Crippen LogP contribution in [0.3, 0.4) is 0 Å². The second kappa shape index (κ2) is 10.4. The minimum Gasteiger partial charge on any atom is -0.378 e. The summed E-state index contributed by atoms with van der Waals surface area (Å²) in [5, 5.41) is 1.14. The highest BCUT2D eigenvalue weighted by molar-refractivity contribution is 7.19. The summed E-state index contributed by atoms with van der Waals surface area (Å²) in [6.07, 6.45) is 3.26. The monoisotopic (exact) mass is 517 g/mol. The van der Waals surface area contributed by atoms with Crippen LogP contribution in [0.2, 0.25) is 0 Å². The van der Waals surface area contributed by atoms with Crippen LogP contribution in [-0.2, 0) is 11.2 Å². The topological polar surface area (TPSA) is 62.7 Å². The molecule has 0 unspecified atom stereocenters. The maximum absolute atomic E-state index is 13.3. The fourth-order valence-electron chi connectivity index (χ4n) is 5.50. The summed E-state index contributed by atoms with van der Waals surface area (Å²) in [4.78, 5) is 36.3. The molecule has 6 nitrogen and oxygen atoms in total. The predicted octanol–water partition coefficient (Wildman–Crippen LogP) is 5.95.